The van der Waals surface area contributed by atoms with Gasteiger partial charge in [0.1, 0.15) is 10.8 Å². The Morgan fingerprint density at radius 3 is 2.18 bits per heavy atom. The molecule has 0 radical (unpaired) electrons. The van der Waals surface area contributed by atoms with E-state index >= 15 is 0 Å². The molecule has 3 heterocycles. The lowest BCUT2D eigenvalue weighted by molar-refractivity contribution is 0.173. The second kappa shape index (κ2) is 11.3. The van der Waals surface area contributed by atoms with Crippen LogP contribution in [0.3, 0.4) is 0 Å². The minimum Gasteiger partial charge on any atom is -0.497 e. The van der Waals surface area contributed by atoms with Crippen LogP contribution in [0.1, 0.15) is 27.4 Å². The molecule has 200 valence electrons. The molecule has 4 aromatic rings. The predicted octanol–water partition coefficient (Wildman–Crippen LogP) is 5.57. The van der Waals surface area contributed by atoms with Crippen LogP contribution in [0.25, 0.3) is 5.70 Å². The number of hydrogen-bond acceptors (Lipinski definition) is 9. The van der Waals surface area contributed by atoms with E-state index in [1.54, 1.807) is 18.4 Å². The molecule has 8 nitrogen and oxygen atoms in total. The highest BCUT2D eigenvalue weighted by atomic mass is 32.1. The topological polar surface area (TPSA) is 74.3 Å². The first-order valence-corrected chi connectivity index (χ1v) is 13.5. The SMILES string of the molecule is C=C(NCc1ccc2c(c1)OCO2)c1csc(CN(Cc2ccc(OC)cc2)Cc2ccc3c(c2)OCO3)n1. The Hall–Kier alpha value is -4.21. The van der Waals surface area contributed by atoms with Gasteiger partial charge in [0.05, 0.1) is 25.0 Å². The lowest BCUT2D eigenvalue weighted by Gasteiger charge is -2.22. The summed E-state index contributed by atoms with van der Waals surface area (Å²) in [6, 6.07) is 20.2. The summed E-state index contributed by atoms with van der Waals surface area (Å²) >= 11 is 1.64. The lowest BCUT2D eigenvalue weighted by atomic mass is 10.1. The molecule has 6 rings (SSSR count). The number of nitrogens with zero attached hydrogens (tertiary/aromatic N) is 2. The largest absolute Gasteiger partial charge is 0.497 e. The smallest absolute Gasteiger partial charge is 0.231 e. The number of nitrogens with one attached hydrogen (secondary N) is 1. The van der Waals surface area contributed by atoms with Crippen molar-refractivity contribution >= 4 is 17.0 Å². The fraction of sp³-hybridized carbons (Fsp3) is 0.233. The molecule has 2 aliphatic rings. The molecule has 0 spiro atoms. The zero-order chi connectivity index (χ0) is 26.6. The normalized spacial score (nSPS) is 13.1. The number of methoxy groups -OCH3 is 1. The summed E-state index contributed by atoms with van der Waals surface area (Å²) in [5, 5.41) is 6.46. The van der Waals surface area contributed by atoms with Gasteiger partial charge in [0.25, 0.3) is 0 Å². The van der Waals surface area contributed by atoms with Gasteiger partial charge in [-0.25, -0.2) is 4.98 Å². The lowest BCUT2D eigenvalue weighted by Crippen LogP contribution is -2.22. The van der Waals surface area contributed by atoms with Crippen LogP contribution in [0.2, 0.25) is 0 Å². The summed E-state index contributed by atoms with van der Waals surface area (Å²) in [5.41, 5.74) is 5.07. The Morgan fingerprint density at radius 1 is 0.846 bits per heavy atom. The van der Waals surface area contributed by atoms with Gasteiger partial charge in [-0.15, -0.1) is 11.3 Å². The number of benzene rings is 3. The number of hydrogen-bond donors (Lipinski definition) is 1. The molecular formula is C30H29N3O5S. The van der Waals surface area contributed by atoms with Crippen molar-refractivity contribution in [2.75, 3.05) is 20.7 Å². The van der Waals surface area contributed by atoms with Gasteiger partial charge in [-0.05, 0) is 53.1 Å². The summed E-state index contributed by atoms with van der Waals surface area (Å²) in [5.74, 6) is 3.98. The van der Waals surface area contributed by atoms with Gasteiger partial charge in [0.15, 0.2) is 23.0 Å². The maximum absolute atomic E-state index is 5.59. The number of rotatable bonds is 11. The minimum absolute atomic E-state index is 0.267. The zero-order valence-electron chi connectivity index (χ0n) is 21.6. The first-order chi connectivity index (χ1) is 19.1. The van der Waals surface area contributed by atoms with E-state index in [0.29, 0.717) is 13.1 Å². The molecule has 9 heteroatoms. The molecule has 3 aromatic carbocycles. The Balaban J connectivity index is 1.13. The van der Waals surface area contributed by atoms with Gasteiger partial charge in [-0.2, -0.15) is 0 Å². The Bertz CT molecular complexity index is 1470. The Kier molecular flexibility index (Phi) is 7.25. The molecule has 2 aliphatic heterocycles. The summed E-state index contributed by atoms with van der Waals surface area (Å²) in [6.45, 7) is 7.56. The van der Waals surface area contributed by atoms with E-state index < -0.39 is 0 Å². The Morgan fingerprint density at radius 2 is 1.46 bits per heavy atom. The van der Waals surface area contributed by atoms with Crippen molar-refractivity contribution in [1.29, 1.82) is 0 Å². The fourth-order valence-corrected chi connectivity index (χ4v) is 5.37. The van der Waals surface area contributed by atoms with Crippen LogP contribution < -0.4 is 29.0 Å². The monoisotopic (exact) mass is 543 g/mol. The second-order valence-electron chi connectivity index (χ2n) is 9.33. The minimum atomic E-state index is 0.267. The van der Waals surface area contributed by atoms with Crippen LogP contribution in [0.4, 0.5) is 0 Å². The number of thiazole rings is 1. The van der Waals surface area contributed by atoms with E-state index in [0.717, 1.165) is 69.4 Å². The first kappa shape index (κ1) is 25.1. The molecular weight excluding hydrogens is 514 g/mol. The molecule has 0 amide bonds. The van der Waals surface area contributed by atoms with Crippen molar-refractivity contribution in [3.05, 3.63) is 100 Å². The maximum Gasteiger partial charge on any atom is 0.231 e. The summed E-state index contributed by atoms with van der Waals surface area (Å²) in [6.07, 6.45) is 0. The van der Waals surface area contributed by atoms with Gasteiger partial charge >= 0.3 is 0 Å². The highest BCUT2D eigenvalue weighted by molar-refractivity contribution is 7.09. The number of fused-ring (bicyclic) bond motifs is 2. The van der Waals surface area contributed by atoms with E-state index in [2.05, 4.69) is 46.4 Å². The van der Waals surface area contributed by atoms with Crippen molar-refractivity contribution in [3.63, 3.8) is 0 Å². The molecule has 0 saturated carbocycles. The van der Waals surface area contributed by atoms with Gasteiger partial charge in [-0.3, -0.25) is 4.90 Å². The third-order valence-corrected chi connectivity index (χ3v) is 7.40. The van der Waals surface area contributed by atoms with E-state index in [9.17, 15) is 0 Å². The number of aromatic nitrogens is 1. The number of ether oxygens (including phenoxy) is 5. The highest BCUT2D eigenvalue weighted by Gasteiger charge is 2.17. The molecule has 1 aromatic heterocycles. The summed E-state index contributed by atoms with van der Waals surface area (Å²) in [4.78, 5) is 7.26. The standard InChI is InChI=1S/C30H29N3O5S/c1-20(31-13-22-5-9-26-28(11-22)37-18-35-26)25-17-39-30(32-25)16-33(14-21-3-7-24(34-2)8-4-21)15-23-6-10-27-29(12-23)38-19-36-27/h3-12,17,31H,1,13-16,18-19H2,2H3. The van der Waals surface area contributed by atoms with Gasteiger partial charge in [-0.1, -0.05) is 30.8 Å². The van der Waals surface area contributed by atoms with Crippen LogP contribution in [-0.4, -0.2) is 30.6 Å². The third-order valence-electron chi connectivity index (χ3n) is 6.57. The molecule has 39 heavy (non-hydrogen) atoms. The third kappa shape index (κ3) is 5.94. The van der Waals surface area contributed by atoms with Crippen LogP contribution in [0.15, 0.2) is 72.6 Å². The van der Waals surface area contributed by atoms with Crippen molar-refractivity contribution in [2.24, 2.45) is 0 Å². The second-order valence-corrected chi connectivity index (χ2v) is 10.3. The molecule has 1 N–H and O–H groups in total. The first-order valence-electron chi connectivity index (χ1n) is 12.6. The molecule has 0 atom stereocenters. The molecule has 0 saturated heterocycles. The van der Waals surface area contributed by atoms with Crippen molar-refractivity contribution in [3.8, 4) is 28.7 Å². The van der Waals surface area contributed by atoms with Crippen molar-refractivity contribution < 1.29 is 23.7 Å². The maximum atomic E-state index is 5.59. The van der Waals surface area contributed by atoms with E-state index in [1.165, 1.54) is 5.56 Å². The van der Waals surface area contributed by atoms with Gasteiger partial charge in [0.2, 0.25) is 13.6 Å². The molecule has 0 aliphatic carbocycles. The van der Waals surface area contributed by atoms with Gasteiger partial charge in [0, 0.05) is 25.0 Å². The van der Waals surface area contributed by atoms with Crippen molar-refractivity contribution in [1.82, 2.24) is 15.2 Å². The molecule has 0 unspecified atom stereocenters. The molecule has 0 fully saturated rings. The van der Waals surface area contributed by atoms with Gasteiger partial charge < -0.3 is 29.0 Å². The van der Waals surface area contributed by atoms with Crippen LogP contribution in [0.5, 0.6) is 28.7 Å². The Labute approximate surface area is 231 Å². The quantitative estimate of drug-likeness (QED) is 0.263. The predicted molar refractivity (Wildman–Crippen MR) is 149 cm³/mol. The van der Waals surface area contributed by atoms with E-state index in [1.807, 2.05) is 36.4 Å². The molecule has 0 bridgehead atoms. The van der Waals surface area contributed by atoms with Crippen LogP contribution >= 0.6 is 11.3 Å². The van der Waals surface area contributed by atoms with Crippen LogP contribution in [0, 0.1) is 0 Å². The average Bonchev–Trinajstić information content (AvgIpc) is 3.72. The van der Waals surface area contributed by atoms with E-state index in [-0.39, 0.29) is 13.6 Å². The van der Waals surface area contributed by atoms with Crippen LogP contribution in [-0.2, 0) is 26.2 Å². The summed E-state index contributed by atoms with van der Waals surface area (Å²) < 4.78 is 27.3. The summed E-state index contributed by atoms with van der Waals surface area (Å²) in [7, 11) is 1.68. The zero-order valence-corrected chi connectivity index (χ0v) is 22.5. The van der Waals surface area contributed by atoms with Crippen molar-refractivity contribution in [2.45, 2.75) is 26.2 Å². The highest BCUT2D eigenvalue weighted by Crippen LogP contribution is 2.34. The fourth-order valence-electron chi connectivity index (χ4n) is 4.52. The average molecular weight is 544 g/mol. The van der Waals surface area contributed by atoms with E-state index in [4.69, 9.17) is 28.7 Å².